The average molecular weight is 223 g/mol. The van der Waals surface area contributed by atoms with E-state index in [2.05, 4.69) is 5.32 Å². The molecular formula is C10H13F4N. The molecule has 0 saturated carbocycles. The van der Waals surface area contributed by atoms with Crippen molar-refractivity contribution < 1.29 is 17.6 Å². The van der Waals surface area contributed by atoms with E-state index in [1.54, 1.807) is 0 Å². The number of benzene rings is 1. The van der Waals surface area contributed by atoms with E-state index in [0.29, 0.717) is 6.07 Å². The van der Waals surface area contributed by atoms with Crippen LogP contribution in [0.15, 0.2) is 18.2 Å². The zero-order chi connectivity index (χ0) is 12.1. The van der Waals surface area contributed by atoms with E-state index in [1.165, 1.54) is 13.1 Å². The molecule has 0 heterocycles. The van der Waals surface area contributed by atoms with Gasteiger partial charge in [0, 0.05) is 7.05 Å². The number of nitrogens with one attached hydrogen (secondary N) is 1. The summed E-state index contributed by atoms with van der Waals surface area (Å²) in [6.45, 7) is 4.00. The van der Waals surface area contributed by atoms with E-state index >= 15 is 0 Å². The molecule has 0 radical (unpaired) electrons. The van der Waals surface area contributed by atoms with Gasteiger partial charge in [-0.05, 0) is 12.1 Å². The monoisotopic (exact) mass is 223 g/mol. The summed E-state index contributed by atoms with van der Waals surface area (Å²) < 4.78 is 49.3. The van der Waals surface area contributed by atoms with Crippen molar-refractivity contribution in [2.75, 3.05) is 12.4 Å². The van der Waals surface area contributed by atoms with Crippen LogP contribution in [0.5, 0.6) is 0 Å². The summed E-state index contributed by atoms with van der Waals surface area (Å²) in [4.78, 5) is 0. The Morgan fingerprint density at radius 1 is 1.13 bits per heavy atom. The maximum absolute atomic E-state index is 13.0. The summed E-state index contributed by atoms with van der Waals surface area (Å²) in [7, 11) is 1.36. The quantitative estimate of drug-likeness (QED) is 0.711. The van der Waals surface area contributed by atoms with Gasteiger partial charge in [0.25, 0.3) is 0 Å². The van der Waals surface area contributed by atoms with Gasteiger partial charge < -0.3 is 5.32 Å². The summed E-state index contributed by atoms with van der Waals surface area (Å²) in [5.74, 6) is -1.27. The molecule has 1 aromatic carbocycles. The van der Waals surface area contributed by atoms with Gasteiger partial charge in [0.15, 0.2) is 5.82 Å². The van der Waals surface area contributed by atoms with Gasteiger partial charge >= 0.3 is 6.18 Å². The van der Waals surface area contributed by atoms with Crippen molar-refractivity contribution in [1.82, 2.24) is 0 Å². The highest BCUT2D eigenvalue weighted by Gasteiger charge is 2.34. The van der Waals surface area contributed by atoms with Crippen molar-refractivity contribution in [3.8, 4) is 0 Å². The molecule has 0 fully saturated rings. The second-order valence-corrected chi connectivity index (χ2v) is 2.41. The lowest BCUT2D eigenvalue weighted by Crippen LogP contribution is -2.09. The van der Waals surface area contributed by atoms with Crippen LogP contribution in [0, 0.1) is 5.82 Å². The first-order valence-corrected chi connectivity index (χ1v) is 4.50. The van der Waals surface area contributed by atoms with Gasteiger partial charge in [-0.3, -0.25) is 0 Å². The molecule has 15 heavy (non-hydrogen) atoms. The molecule has 0 aliphatic carbocycles. The molecule has 1 nitrogen and oxygen atoms in total. The predicted molar refractivity (Wildman–Crippen MR) is 52.3 cm³/mol. The molecule has 0 aliphatic heterocycles. The zero-order valence-electron chi connectivity index (χ0n) is 8.74. The van der Waals surface area contributed by atoms with E-state index in [0.717, 1.165) is 6.07 Å². The predicted octanol–water partition coefficient (Wildman–Crippen LogP) is 3.91. The third-order valence-electron chi connectivity index (χ3n) is 1.57. The Bertz CT molecular complexity index is 307. The molecule has 0 atom stereocenters. The number of hydrogen-bond acceptors (Lipinski definition) is 1. The van der Waals surface area contributed by atoms with Gasteiger partial charge in [-0.15, -0.1) is 0 Å². The Kier molecular flexibility index (Phi) is 5.11. The number of hydrogen-bond donors (Lipinski definition) is 1. The highest BCUT2D eigenvalue weighted by Crippen LogP contribution is 2.33. The van der Waals surface area contributed by atoms with E-state index < -0.39 is 17.6 Å². The number of halogens is 4. The first kappa shape index (κ1) is 13.7. The summed E-state index contributed by atoms with van der Waals surface area (Å²) >= 11 is 0. The first-order chi connectivity index (χ1) is 6.96. The van der Waals surface area contributed by atoms with Gasteiger partial charge in [0.05, 0.1) is 11.3 Å². The van der Waals surface area contributed by atoms with Crippen LogP contribution in [0.1, 0.15) is 19.4 Å². The van der Waals surface area contributed by atoms with Gasteiger partial charge in [0.2, 0.25) is 0 Å². The molecule has 0 aromatic heterocycles. The highest BCUT2D eigenvalue weighted by molar-refractivity contribution is 5.47. The number of rotatable bonds is 1. The Morgan fingerprint density at radius 2 is 1.67 bits per heavy atom. The summed E-state index contributed by atoms with van der Waals surface area (Å²) in [6, 6.07) is 3.10. The molecule has 0 bridgehead atoms. The van der Waals surface area contributed by atoms with Crippen molar-refractivity contribution in [1.29, 1.82) is 0 Å². The van der Waals surface area contributed by atoms with Crippen molar-refractivity contribution in [3.05, 3.63) is 29.6 Å². The molecular weight excluding hydrogens is 210 g/mol. The Morgan fingerprint density at radius 3 is 2.07 bits per heavy atom. The zero-order valence-corrected chi connectivity index (χ0v) is 8.74. The van der Waals surface area contributed by atoms with Crippen LogP contribution >= 0.6 is 0 Å². The maximum Gasteiger partial charge on any atom is 0.419 e. The molecule has 1 N–H and O–H groups in total. The minimum Gasteiger partial charge on any atom is -0.386 e. The topological polar surface area (TPSA) is 12.0 Å². The van der Waals surface area contributed by atoms with Crippen LogP contribution < -0.4 is 5.32 Å². The largest absolute Gasteiger partial charge is 0.419 e. The second-order valence-electron chi connectivity index (χ2n) is 2.41. The van der Waals surface area contributed by atoms with Crippen molar-refractivity contribution in [2.24, 2.45) is 0 Å². The summed E-state index contributed by atoms with van der Waals surface area (Å²) in [6.07, 6.45) is -4.64. The van der Waals surface area contributed by atoms with Crippen LogP contribution in [0.3, 0.4) is 0 Å². The molecule has 1 rings (SSSR count). The molecule has 0 spiro atoms. The third-order valence-corrected chi connectivity index (χ3v) is 1.57. The fraction of sp³-hybridized carbons (Fsp3) is 0.400. The SMILES string of the molecule is CC.CNc1cccc(C(F)(F)F)c1F. The van der Waals surface area contributed by atoms with Crippen molar-refractivity contribution >= 4 is 5.69 Å². The lowest BCUT2D eigenvalue weighted by molar-refractivity contribution is -0.139. The Labute approximate surface area is 86.1 Å². The van der Waals surface area contributed by atoms with Gasteiger partial charge in [-0.2, -0.15) is 13.2 Å². The molecule has 86 valence electrons. The van der Waals surface area contributed by atoms with Crippen LogP contribution in [-0.4, -0.2) is 7.05 Å². The molecule has 1 aromatic rings. The summed E-state index contributed by atoms with van der Waals surface area (Å²) in [5, 5.41) is 2.33. The lowest BCUT2D eigenvalue weighted by atomic mass is 10.2. The van der Waals surface area contributed by atoms with Crippen LogP contribution in [-0.2, 0) is 6.18 Å². The van der Waals surface area contributed by atoms with Gasteiger partial charge in [0.1, 0.15) is 0 Å². The maximum atomic E-state index is 13.0. The second kappa shape index (κ2) is 5.58. The van der Waals surface area contributed by atoms with Crippen LogP contribution in [0.25, 0.3) is 0 Å². The van der Waals surface area contributed by atoms with Crippen molar-refractivity contribution in [2.45, 2.75) is 20.0 Å². The minimum absolute atomic E-state index is 0.158. The molecule has 0 unspecified atom stereocenters. The Balaban J connectivity index is 0.000000921. The standard InChI is InChI=1S/C8H7F4N.C2H6/c1-13-6-4-2-3-5(7(6)9)8(10,11)12;1-2/h2-4,13H,1H3;1-2H3. The fourth-order valence-corrected chi connectivity index (χ4v) is 0.944. The van der Waals surface area contributed by atoms with Crippen molar-refractivity contribution in [3.63, 3.8) is 0 Å². The van der Waals surface area contributed by atoms with Gasteiger partial charge in [-0.1, -0.05) is 19.9 Å². The van der Waals surface area contributed by atoms with E-state index in [1.807, 2.05) is 13.8 Å². The normalized spacial score (nSPS) is 10.3. The third kappa shape index (κ3) is 3.42. The van der Waals surface area contributed by atoms with E-state index in [9.17, 15) is 17.6 Å². The smallest absolute Gasteiger partial charge is 0.386 e. The molecule has 0 saturated heterocycles. The number of alkyl halides is 3. The number of anilines is 1. The Hall–Kier alpha value is -1.26. The lowest BCUT2D eigenvalue weighted by Gasteiger charge is -2.10. The van der Waals surface area contributed by atoms with E-state index in [-0.39, 0.29) is 5.69 Å². The highest BCUT2D eigenvalue weighted by atomic mass is 19.4. The molecule has 0 amide bonds. The van der Waals surface area contributed by atoms with E-state index in [4.69, 9.17) is 0 Å². The molecule has 5 heteroatoms. The summed E-state index contributed by atoms with van der Waals surface area (Å²) in [5.41, 5.74) is -1.41. The van der Waals surface area contributed by atoms with Crippen LogP contribution in [0.2, 0.25) is 0 Å². The van der Waals surface area contributed by atoms with Crippen LogP contribution in [0.4, 0.5) is 23.2 Å². The fourth-order valence-electron chi connectivity index (χ4n) is 0.944. The van der Waals surface area contributed by atoms with Gasteiger partial charge in [-0.25, -0.2) is 4.39 Å². The first-order valence-electron chi connectivity index (χ1n) is 4.50. The molecule has 0 aliphatic rings. The average Bonchev–Trinajstić information content (AvgIpc) is 2.19. The minimum atomic E-state index is -4.64.